The molecule has 0 spiro atoms. The molecule has 0 fully saturated rings. The highest BCUT2D eigenvalue weighted by atomic mass is 32.1. The molecule has 0 saturated heterocycles. The van der Waals surface area contributed by atoms with Gasteiger partial charge in [0.2, 0.25) is 0 Å². The summed E-state index contributed by atoms with van der Waals surface area (Å²) in [7, 11) is 1.60. The van der Waals surface area contributed by atoms with Crippen LogP contribution in [0.1, 0.15) is 16.8 Å². The molecule has 2 N–H and O–H groups in total. The van der Waals surface area contributed by atoms with E-state index in [1.54, 1.807) is 18.4 Å². The lowest BCUT2D eigenvalue weighted by atomic mass is 9.96. The summed E-state index contributed by atoms with van der Waals surface area (Å²) in [5.41, 5.74) is 6.92. The van der Waals surface area contributed by atoms with E-state index in [1.165, 1.54) is 22.3 Å². The van der Waals surface area contributed by atoms with Gasteiger partial charge in [0.05, 0.1) is 18.4 Å². The Hall–Kier alpha value is -2.21. The van der Waals surface area contributed by atoms with Gasteiger partial charge < -0.3 is 15.2 Å². The summed E-state index contributed by atoms with van der Waals surface area (Å²) >= 11 is 1.56. The second-order valence-corrected chi connectivity index (χ2v) is 7.22. The van der Waals surface area contributed by atoms with Gasteiger partial charge in [0.1, 0.15) is 0 Å². The molecule has 0 aliphatic heterocycles. The lowest BCUT2D eigenvalue weighted by molar-refractivity contribution is 0.0489. The maximum atomic E-state index is 9.25. The fourth-order valence-electron chi connectivity index (χ4n) is 2.90. The Morgan fingerprint density at radius 1 is 1.12 bits per heavy atom. The number of benzene rings is 2. The Balaban J connectivity index is 1.80. The van der Waals surface area contributed by atoms with E-state index >= 15 is 0 Å². The number of aliphatic hydroxyl groups excluding tert-OH is 1. The van der Waals surface area contributed by atoms with Crippen LogP contribution in [-0.2, 0) is 11.2 Å². The molecule has 136 valence electrons. The fourth-order valence-corrected chi connectivity index (χ4v) is 3.65. The van der Waals surface area contributed by atoms with E-state index in [4.69, 9.17) is 4.74 Å². The first-order valence-corrected chi connectivity index (χ1v) is 9.50. The Bertz CT molecular complexity index is 872. The van der Waals surface area contributed by atoms with Crippen molar-refractivity contribution in [3.05, 3.63) is 64.7 Å². The SMILES string of the molecule is COC(CO)Cc1csc(Nc2ccc(C)c(-c3ccccc3C)c2)n1. The second-order valence-electron chi connectivity index (χ2n) is 6.36. The number of ether oxygens (including phenoxy) is 1. The zero-order valence-corrected chi connectivity index (χ0v) is 16.1. The molecule has 1 aromatic heterocycles. The van der Waals surface area contributed by atoms with E-state index in [0.29, 0.717) is 6.42 Å². The first-order valence-electron chi connectivity index (χ1n) is 8.62. The van der Waals surface area contributed by atoms with Crippen molar-refractivity contribution in [2.45, 2.75) is 26.4 Å². The highest BCUT2D eigenvalue weighted by Gasteiger charge is 2.11. The molecule has 5 heteroatoms. The third-order valence-corrected chi connectivity index (χ3v) is 5.26. The fraction of sp³-hybridized carbons (Fsp3) is 0.286. The van der Waals surface area contributed by atoms with Crippen LogP contribution < -0.4 is 5.32 Å². The van der Waals surface area contributed by atoms with Crippen molar-refractivity contribution in [2.24, 2.45) is 0 Å². The summed E-state index contributed by atoms with van der Waals surface area (Å²) in [6, 6.07) is 14.8. The highest BCUT2D eigenvalue weighted by molar-refractivity contribution is 7.13. The molecular formula is C21H24N2O2S. The van der Waals surface area contributed by atoms with Gasteiger partial charge in [0.25, 0.3) is 0 Å². The molecule has 0 radical (unpaired) electrons. The van der Waals surface area contributed by atoms with E-state index in [1.807, 2.05) is 5.38 Å². The van der Waals surface area contributed by atoms with Gasteiger partial charge in [0.15, 0.2) is 5.13 Å². The van der Waals surface area contributed by atoms with Crippen molar-refractivity contribution in [2.75, 3.05) is 19.0 Å². The topological polar surface area (TPSA) is 54.4 Å². The number of methoxy groups -OCH3 is 1. The number of aromatic nitrogens is 1. The Labute approximate surface area is 158 Å². The number of aliphatic hydroxyl groups is 1. The predicted molar refractivity (Wildman–Crippen MR) is 108 cm³/mol. The van der Waals surface area contributed by atoms with Crippen LogP contribution in [0, 0.1) is 13.8 Å². The van der Waals surface area contributed by atoms with Crippen molar-refractivity contribution in [1.82, 2.24) is 4.98 Å². The van der Waals surface area contributed by atoms with Crippen LogP contribution >= 0.6 is 11.3 Å². The van der Waals surface area contributed by atoms with Crippen molar-refractivity contribution in [3.8, 4) is 11.1 Å². The Morgan fingerprint density at radius 3 is 2.62 bits per heavy atom. The zero-order chi connectivity index (χ0) is 18.5. The summed E-state index contributed by atoms with van der Waals surface area (Å²) in [6.07, 6.45) is 0.394. The molecule has 0 saturated carbocycles. The smallest absolute Gasteiger partial charge is 0.187 e. The van der Waals surface area contributed by atoms with Crippen LogP contribution in [0.3, 0.4) is 0 Å². The first-order chi connectivity index (χ1) is 12.6. The minimum absolute atomic E-state index is 0.00542. The Kier molecular flexibility index (Phi) is 6.04. The zero-order valence-electron chi connectivity index (χ0n) is 15.3. The van der Waals surface area contributed by atoms with Gasteiger partial charge in [-0.1, -0.05) is 30.3 Å². The molecule has 2 aromatic carbocycles. The summed E-state index contributed by atoms with van der Waals surface area (Å²) in [6.45, 7) is 4.26. The molecule has 3 aromatic rings. The van der Waals surface area contributed by atoms with Crippen LogP contribution in [0.4, 0.5) is 10.8 Å². The molecule has 0 aliphatic carbocycles. The lowest BCUT2D eigenvalue weighted by Crippen LogP contribution is -2.18. The number of thiazole rings is 1. The maximum absolute atomic E-state index is 9.25. The normalized spacial score (nSPS) is 12.2. The third kappa shape index (κ3) is 4.30. The van der Waals surface area contributed by atoms with Crippen LogP contribution in [0.25, 0.3) is 11.1 Å². The maximum Gasteiger partial charge on any atom is 0.187 e. The second kappa shape index (κ2) is 8.45. The first kappa shape index (κ1) is 18.6. The van der Waals surface area contributed by atoms with Crippen molar-refractivity contribution in [3.63, 3.8) is 0 Å². The molecule has 1 atom stereocenters. The van der Waals surface area contributed by atoms with E-state index in [-0.39, 0.29) is 12.7 Å². The number of hydrogen-bond acceptors (Lipinski definition) is 5. The number of nitrogens with one attached hydrogen (secondary N) is 1. The number of anilines is 2. The van der Waals surface area contributed by atoms with E-state index < -0.39 is 0 Å². The molecule has 0 aliphatic rings. The number of aryl methyl sites for hydroxylation is 2. The molecule has 1 unspecified atom stereocenters. The summed E-state index contributed by atoms with van der Waals surface area (Å²) < 4.78 is 5.21. The predicted octanol–water partition coefficient (Wildman–Crippen LogP) is 4.72. The van der Waals surface area contributed by atoms with E-state index in [2.05, 4.69) is 66.6 Å². The van der Waals surface area contributed by atoms with E-state index in [0.717, 1.165) is 16.5 Å². The molecule has 1 heterocycles. The lowest BCUT2D eigenvalue weighted by Gasteiger charge is -2.12. The van der Waals surface area contributed by atoms with Crippen LogP contribution in [0.2, 0.25) is 0 Å². The quantitative estimate of drug-likeness (QED) is 0.633. The van der Waals surface area contributed by atoms with Crippen molar-refractivity contribution in [1.29, 1.82) is 0 Å². The molecule has 3 rings (SSSR count). The monoisotopic (exact) mass is 368 g/mol. The summed E-state index contributed by atoms with van der Waals surface area (Å²) in [5, 5.41) is 15.5. The average Bonchev–Trinajstić information content (AvgIpc) is 3.09. The molecule has 0 bridgehead atoms. The number of nitrogens with zero attached hydrogens (tertiary/aromatic N) is 1. The van der Waals surface area contributed by atoms with Gasteiger partial charge in [-0.25, -0.2) is 4.98 Å². The molecule has 0 amide bonds. The molecular weight excluding hydrogens is 344 g/mol. The van der Waals surface area contributed by atoms with Gasteiger partial charge in [-0.2, -0.15) is 0 Å². The van der Waals surface area contributed by atoms with Crippen LogP contribution in [-0.4, -0.2) is 29.9 Å². The van der Waals surface area contributed by atoms with Gasteiger partial charge >= 0.3 is 0 Å². The molecule has 4 nitrogen and oxygen atoms in total. The minimum atomic E-state index is -0.211. The van der Waals surface area contributed by atoms with Gasteiger partial charge in [-0.3, -0.25) is 0 Å². The van der Waals surface area contributed by atoms with Crippen molar-refractivity contribution >= 4 is 22.2 Å². The van der Waals surface area contributed by atoms with E-state index in [9.17, 15) is 5.11 Å². The molecule has 26 heavy (non-hydrogen) atoms. The number of hydrogen-bond donors (Lipinski definition) is 2. The van der Waals surface area contributed by atoms with Gasteiger partial charge in [0, 0.05) is 24.6 Å². The third-order valence-electron chi connectivity index (χ3n) is 4.45. The van der Waals surface area contributed by atoms with Gasteiger partial charge in [-0.05, 0) is 48.2 Å². The van der Waals surface area contributed by atoms with Crippen LogP contribution in [0.5, 0.6) is 0 Å². The van der Waals surface area contributed by atoms with Crippen LogP contribution in [0.15, 0.2) is 47.8 Å². The minimum Gasteiger partial charge on any atom is -0.394 e. The summed E-state index contributed by atoms with van der Waals surface area (Å²) in [4.78, 5) is 4.60. The average molecular weight is 369 g/mol. The van der Waals surface area contributed by atoms with Gasteiger partial charge in [-0.15, -0.1) is 11.3 Å². The largest absolute Gasteiger partial charge is 0.394 e. The van der Waals surface area contributed by atoms with Crippen molar-refractivity contribution < 1.29 is 9.84 Å². The Morgan fingerprint density at radius 2 is 1.88 bits per heavy atom. The highest BCUT2D eigenvalue weighted by Crippen LogP contribution is 2.31. The standard InChI is InChI=1S/C21H24N2O2S/c1-14-6-4-5-7-19(14)20-11-16(9-8-15(20)2)22-21-23-17(13-26-21)10-18(12-24)25-3/h4-9,11,13,18,24H,10,12H2,1-3H3,(H,22,23). The summed E-state index contributed by atoms with van der Waals surface area (Å²) in [5.74, 6) is 0. The number of rotatable bonds is 7.